The van der Waals surface area contributed by atoms with Crippen molar-refractivity contribution >= 4 is 6.21 Å². The number of fused-ring (bicyclic) bond motifs is 6. The van der Waals surface area contributed by atoms with Gasteiger partial charge in [0.1, 0.15) is 0 Å². The Bertz CT molecular complexity index is 890. The number of methoxy groups -OCH3 is 2. The van der Waals surface area contributed by atoms with Gasteiger partial charge in [0.05, 0.1) is 20.3 Å². The summed E-state index contributed by atoms with van der Waals surface area (Å²) in [5.41, 5.74) is 4.95. The van der Waals surface area contributed by atoms with Gasteiger partial charge >= 0.3 is 0 Å². The van der Waals surface area contributed by atoms with Gasteiger partial charge in [0.15, 0.2) is 23.0 Å². The number of hydrogen-bond donors (Lipinski definition) is 0. The summed E-state index contributed by atoms with van der Waals surface area (Å²) in [5.74, 6) is 3.54. The molecule has 0 saturated carbocycles. The van der Waals surface area contributed by atoms with Crippen molar-refractivity contribution in [3.05, 3.63) is 46.5 Å². The van der Waals surface area contributed by atoms with Crippen molar-refractivity contribution in [2.75, 3.05) is 21.0 Å². The highest BCUT2D eigenvalue weighted by atomic mass is 16.7. The first-order valence-electron chi connectivity index (χ1n) is 8.50. The monoisotopic (exact) mass is 337 g/mol. The van der Waals surface area contributed by atoms with Crippen molar-refractivity contribution in [3.63, 3.8) is 0 Å². The zero-order valence-electron chi connectivity index (χ0n) is 14.2. The zero-order chi connectivity index (χ0) is 17.0. The smallest absolute Gasteiger partial charge is 0.231 e. The van der Waals surface area contributed by atoms with Crippen LogP contribution in [0.3, 0.4) is 0 Å². The highest BCUT2D eigenvalue weighted by Gasteiger charge is 2.35. The Labute approximate surface area is 146 Å². The molecule has 1 aliphatic carbocycles. The van der Waals surface area contributed by atoms with Crippen LogP contribution in [0.1, 0.15) is 40.6 Å². The SMILES string of the molecule is COc1cc2c(cc1OC)C1N=Cc3cc4c(cc3C1CC2)OCO4. The molecule has 2 aromatic carbocycles. The van der Waals surface area contributed by atoms with Crippen molar-refractivity contribution in [1.29, 1.82) is 0 Å². The lowest BCUT2D eigenvalue weighted by Gasteiger charge is -2.35. The molecule has 2 unspecified atom stereocenters. The summed E-state index contributed by atoms with van der Waals surface area (Å²) in [6.45, 7) is 0.295. The van der Waals surface area contributed by atoms with Crippen molar-refractivity contribution in [2.24, 2.45) is 4.99 Å². The van der Waals surface area contributed by atoms with E-state index in [9.17, 15) is 0 Å². The number of benzene rings is 2. The molecule has 0 bridgehead atoms. The van der Waals surface area contributed by atoms with Crippen LogP contribution in [0.15, 0.2) is 29.3 Å². The maximum Gasteiger partial charge on any atom is 0.231 e. The largest absolute Gasteiger partial charge is 0.493 e. The van der Waals surface area contributed by atoms with E-state index in [1.807, 2.05) is 12.3 Å². The third kappa shape index (κ3) is 2.11. The Morgan fingerprint density at radius 2 is 1.72 bits per heavy atom. The van der Waals surface area contributed by atoms with Crippen LogP contribution in [0.2, 0.25) is 0 Å². The van der Waals surface area contributed by atoms with E-state index in [-0.39, 0.29) is 6.04 Å². The fourth-order valence-electron chi connectivity index (χ4n) is 4.19. The molecule has 0 fully saturated rings. The number of ether oxygens (including phenoxy) is 4. The second kappa shape index (κ2) is 5.41. The first-order valence-corrected chi connectivity index (χ1v) is 8.50. The van der Waals surface area contributed by atoms with Gasteiger partial charge in [-0.2, -0.15) is 0 Å². The topological polar surface area (TPSA) is 49.3 Å². The Morgan fingerprint density at radius 3 is 2.52 bits per heavy atom. The molecule has 3 aliphatic rings. The van der Waals surface area contributed by atoms with Crippen LogP contribution in [0.5, 0.6) is 23.0 Å². The van der Waals surface area contributed by atoms with Crippen molar-refractivity contribution in [1.82, 2.24) is 0 Å². The molecule has 0 N–H and O–H groups in total. The van der Waals surface area contributed by atoms with Crippen molar-refractivity contribution < 1.29 is 18.9 Å². The molecule has 0 radical (unpaired) electrons. The van der Waals surface area contributed by atoms with E-state index >= 15 is 0 Å². The number of aryl methyl sites for hydroxylation is 1. The molecule has 25 heavy (non-hydrogen) atoms. The van der Waals surface area contributed by atoms with Crippen molar-refractivity contribution in [3.8, 4) is 23.0 Å². The maximum atomic E-state index is 5.58. The highest BCUT2D eigenvalue weighted by Crippen LogP contribution is 2.50. The van der Waals surface area contributed by atoms with E-state index in [0.29, 0.717) is 12.7 Å². The van der Waals surface area contributed by atoms with Gasteiger partial charge in [0, 0.05) is 12.1 Å². The summed E-state index contributed by atoms with van der Waals surface area (Å²) < 4.78 is 22.0. The van der Waals surface area contributed by atoms with E-state index < -0.39 is 0 Å². The van der Waals surface area contributed by atoms with E-state index in [1.165, 1.54) is 16.7 Å². The van der Waals surface area contributed by atoms with Gasteiger partial charge in [-0.15, -0.1) is 0 Å². The summed E-state index contributed by atoms with van der Waals surface area (Å²) >= 11 is 0. The molecule has 0 spiro atoms. The first kappa shape index (κ1) is 14.6. The van der Waals surface area contributed by atoms with Crippen LogP contribution in [-0.2, 0) is 6.42 Å². The van der Waals surface area contributed by atoms with Gasteiger partial charge in [-0.05, 0) is 59.4 Å². The van der Waals surface area contributed by atoms with Crippen LogP contribution in [0, 0.1) is 0 Å². The Kier molecular flexibility index (Phi) is 3.17. The molecule has 0 saturated heterocycles. The average Bonchev–Trinajstić information content (AvgIpc) is 3.11. The van der Waals surface area contributed by atoms with Gasteiger partial charge in [-0.25, -0.2) is 0 Å². The lowest BCUT2D eigenvalue weighted by Crippen LogP contribution is -2.22. The lowest BCUT2D eigenvalue weighted by molar-refractivity contribution is 0.174. The number of nitrogens with zero attached hydrogens (tertiary/aromatic N) is 1. The number of aliphatic imine (C=N–C) groups is 1. The minimum atomic E-state index is 0.108. The molecule has 5 heteroatoms. The van der Waals surface area contributed by atoms with Crippen LogP contribution < -0.4 is 18.9 Å². The standard InChI is InChI=1S/C20H19NO4/c1-22-16-5-11-3-4-13-14-7-19-18(24-10-25-19)6-12(14)9-21-20(13)15(11)8-17(16)23-2/h5-9,13,20H,3-4,10H2,1-2H3. The highest BCUT2D eigenvalue weighted by molar-refractivity contribution is 5.85. The minimum Gasteiger partial charge on any atom is -0.493 e. The van der Waals surface area contributed by atoms with E-state index in [1.54, 1.807) is 14.2 Å². The first-order chi connectivity index (χ1) is 12.3. The Morgan fingerprint density at radius 1 is 0.960 bits per heavy atom. The molecule has 2 aromatic rings. The van der Waals surface area contributed by atoms with E-state index in [4.69, 9.17) is 23.9 Å². The molecule has 5 rings (SSSR count). The summed E-state index contributed by atoms with van der Waals surface area (Å²) in [4.78, 5) is 4.87. The van der Waals surface area contributed by atoms with E-state index in [2.05, 4.69) is 18.2 Å². The molecule has 0 amide bonds. The molecule has 0 aromatic heterocycles. The van der Waals surface area contributed by atoms with Crippen molar-refractivity contribution in [2.45, 2.75) is 24.8 Å². The third-order valence-corrected chi connectivity index (χ3v) is 5.42. The van der Waals surface area contributed by atoms with Gasteiger partial charge in [-0.3, -0.25) is 4.99 Å². The molecular weight excluding hydrogens is 318 g/mol. The Balaban J connectivity index is 1.61. The second-order valence-corrected chi connectivity index (χ2v) is 6.61. The summed E-state index contributed by atoms with van der Waals surface area (Å²) in [5, 5.41) is 0. The minimum absolute atomic E-state index is 0.108. The number of rotatable bonds is 2. The molecule has 5 nitrogen and oxygen atoms in total. The van der Waals surface area contributed by atoms with E-state index in [0.717, 1.165) is 41.4 Å². The summed E-state index contributed by atoms with van der Waals surface area (Å²) in [6, 6.07) is 8.46. The summed E-state index contributed by atoms with van der Waals surface area (Å²) in [7, 11) is 3.35. The molecule has 2 atom stereocenters. The molecule has 2 aliphatic heterocycles. The predicted octanol–water partition coefficient (Wildman–Crippen LogP) is 3.64. The molecule has 128 valence electrons. The molecule has 2 heterocycles. The van der Waals surface area contributed by atoms with Crippen LogP contribution in [0.4, 0.5) is 0 Å². The van der Waals surface area contributed by atoms with Gasteiger partial charge in [0.2, 0.25) is 6.79 Å². The summed E-state index contributed by atoms with van der Waals surface area (Å²) in [6.07, 6.45) is 4.02. The normalized spacial score (nSPS) is 22.0. The van der Waals surface area contributed by atoms with Crippen LogP contribution >= 0.6 is 0 Å². The Hall–Kier alpha value is -2.69. The van der Waals surface area contributed by atoms with Gasteiger partial charge < -0.3 is 18.9 Å². The second-order valence-electron chi connectivity index (χ2n) is 6.61. The van der Waals surface area contributed by atoms with Gasteiger partial charge in [-0.1, -0.05) is 0 Å². The maximum absolute atomic E-state index is 5.58. The molecular formula is C20H19NO4. The van der Waals surface area contributed by atoms with Crippen LogP contribution in [0.25, 0.3) is 0 Å². The lowest BCUT2D eigenvalue weighted by atomic mass is 9.74. The van der Waals surface area contributed by atoms with Crippen LogP contribution in [-0.4, -0.2) is 27.2 Å². The fraction of sp³-hybridized carbons (Fsp3) is 0.350. The van der Waals surface area contributed by atoms with Gasteiger partial charge in [0.25, 0.3) is 0 Å². The zero-order valence-corrected chi connectivity index (χ0v) is 14.2. The predicted molar refractivity (Wildman–Crippen MR) is 93.5 cm³/mol. The third-order valence-electron chi connectivity index (χ3n) is 5.42. The quantitative estimate of drug-likeness (QED) is 0.839. The number of hydrogen-bond acceptors (Lipinski definition) is 5. The average molecular weight is 337 g/mol. The fourth-order valence-corrected chi connectivity index (χ4v) is 4.19.